The Labute approximate surface area is 349 Å². The van der Waals surface area contributed by atoms with E-state index < -0.39 is 0 Å². The first-order chi connectivity index (χ1) is 29.5. The van der Waals surface area contributed by atoms with Gasteiger partial charge in [-0.3, -0.25) is 0 Å². The number of rotatable bonds is 6. The van der Waals surface area contributed by atoms with Gasteiger partial charge in [0.05, 0.1) is 16.7 Å². The Morgan fingerprint density at radius 1 is 0.417 bits per heavy atom. The summed E-state index contributed by atoms with van der Waals surface area (Å²) in [6.07, 6.45) is 0. The highest BCUT2D eigenvalue weighted by Gasteiger charge is 2.36. The lowest BCUT2D eigenvalue weighted by Crippen LogP contribution is -2.16. The summed E-state index contributed by atoms with van der Waals surface area (Å²) in [4.78, 5) is 2.41. The maximum absolute atomic E-state index is 6.96. The van der Waals surface area contributed by atoms with Gasteiger partial charge >= 0.3 is 0 Å². The topological polar surface area (TPSA) is 21.3 Å². The highest BCUT2D eigenvalue weighted by atomic mass is 16.3. The van der Waals surface area contributed by atoms with E-state index in [-0.39, 0.29) is 5.41 Å². The van der Waals surface area contributed by atoms with E-state index in [9.17, 15) is 0 Å². The van der Waals surface area contributed by atoms with Gasteiger partial charge in [-0.05, 0) is 99.1 Å². The molecule has 11 aromatic rings. The molecule has 9 aromatic carbocycles. The lowest BCUT2D eigenvalue weighted by Gasteiger charge is -2.29. The largest absolute Gasteiger partial charge is 0.454 e. The Morgan fingerprint density at radius 2 is 1.02 bits per heavy atom. The highest BCUT2D eigenvalue weighted by Crippen LogP contribution is 2.52. The van der Waals surface area contributed by atoms with Crippen LogP contribution in [0, 0.1) is 0 Å². The van der Waals surface area contributed by atoms with E-state index in [1.54, 1.807) is 0 Å². The van der Waals surface area contributed by atoms with Crippen molar-refractivity contribution in [3.63, 3.8) is 0 Å². The van der Waals surface area contributed by atoms with E-state index >= 15 is 0 Å². The maximum Gasteiger partial charge on any atom is 0.159 e. The average molecular weight is 769 g/mol. The summed E-state index contributed by atoms with van der Waals surface area (Å²) in [7, 11) is 0. The molecule has 2 heterocycles. The number of furan rings is 1. The Kier molecular flexibility index (Phi) is 7.58. The number of hydrogen-bond donors (Lipinski definition) is 0. The van der Waals surface area contributed by atoms with Gasteiger partial charge in [0.15, 0.2) is 5.58 Å². The fraction of sp³-hybridized carbons (Fsp3) is 0.0526. The van der Waals surface area contributed by atoms with Crippen molar-refractivity contribution in [3.8, 4) is 39.1 Å². The van der Waals surface area contributed by atoms with Crippen molar-refractivity contribution < 1.29 is 4.42 Å². The third-order valence-electron chi connectivity index (χ3n) is 12.8. The Bertz CT molecular complexity index is 3450. The van der Waals surface area contributed by atoms with Crippen LogP contribution >= 0.6 is 0 Å². The zero-order chi connectivity index (χ0) is 40.0. The Balaban J connectivity index is 1.15. The fourth-order valence-electron chi connectivity index (χ4n) is 9.84. The SMILES string of the molecule is CC1(C)c2ccccc2-c2ccc(N(c3ccc(-c4ccccc4)cc3)c3cc(-n4c5ccccc5c5ccc(-c6ccccc6)cc54)cc4c3oc3ccccc34)cc21. The normalized spacial score (nSPS) is 13.0. The molecule has 2 aromatic heterocycles. The maximum atomic E-state index is 6.96. The fourth-order valence-corrected chi connectivity index (χ4v) is 9.84. The average Bonchev–Trinajstić information content (AvgIpc) is 3.92. The molecule has 3 nitrogen and oxygen atoms in total. The first kappa shape index (κ1) is 34.4. The molecule has 0 radical (unpaired) electrons. The molecule has 0 saturated carbocycles. The van der Waals surface area contributed by atoms with Crippen molar-refractivity contribution in [1.29, 1.82) is 0 Å². The number of anilines is 3. The number of benzene rings is 9. The van der Waals surface area contributed by atoms with Crippen molar-refractivity contribution in [1.82, 2.24) is 4.57 Å². The monoisotopic (exact) mass is 768 g/mol. The van der Waals surface area contributed by atoms with Crippen LogP contribution in [0.4, 0.5) is 17.1 Å². The van der Waals surface area contributed by atoms with Crippen LogP contribution in [0.1, 0.15) is 25.0 Å². The highest BCUT2D eigenvalue weighted by molar-refractivity contribution is 6.14. The molecule has 0 saturated heterocycles. The summed E-state index contributed by atoms with van der Waals surface area (Å²) in [5.41, 5.74) is 18.1. The van der Waals surface area contributed by atoms with E-state index in [0.717, 1.165) is 55.7 Å². The zero-order valence-corrected chi connectivity index (χ0v) is 33.4. The smallest absolute Gasteiger partial charge is 0.159 e. The molecule has 284 valence electrons. The van der Waals surface area contributed by atoms with Crippen LogP contribution in [0.2, 0.25) is 0 Å². The van der Waals surface area contributed by atoms with E-state index in [1.807, 2.05) is 0 Å². The van der Waals surface area contributed by atoms with Crippen LogP contribution in [-0.2, 0) is 5.41 Å². The van der Waals surface area contributed by atoms with Gasteiger partial charge in [0, 0.05) is 44.0 Å². The first-order valence-corrected chi connectivity index (χ1v) is 20.8. The summed E-state index contributed by atoms with van der Waals surface area (Å²) in [6.45, 7) is 4.70. The molecule has 1 aliphatic rings. The molecule has 0 aliphatic heterocycles. The van der Waals surface area contributed by atoms with Gasteiger partial charge in [-0.25, -0.2) is 0 Å². The molecule has 0 fully saturated rings. The van der Waals surface area contributed by atoms with Gasteiger partial charge in [-0.1, -0.05) is 166 Å². The molecular formula is C57H40N2O. The van der Waals surface area contributed by atoms with Crippen LogP contribution in [-0.4, -0.2) is 4.57 Å². The molecule has 3 heteroatoms. The second kappa shape index (κ2) is 13.2. The summed E-state index contributed by atoms with van der Waals surface area (Å²) < 4.78 is 9.40. The zero-order valence-electron chi connectivity index (χ0n) is 33.4. The molecule has 0 atom stereocenters. The lowest BCUT2D eigenvalue weighted by molar-refractivity contribution is 0.660. The predicted molar refractivity (Wildman–Crippen MR) is 251 cm³/mol. The van der Waals surface area contributed by atoms with Crippen molar-refractivity contribution in [2.45, 2.75) is 19.3 Å². The third-order valence-corrected chi connectivity index (χ3v) is 12.8. The van der Waals surface area contributed by atoms with Crippen molar-refractivity contribution in [3.05, 3.63) is 217 Å². The third kappa shape index (κ3) is 5.22. The molecule has 1 aliphatic carbocycles. The summed E-state index contributed by atoms with van der Waals surface area (Å²) in [5.74, 6) is 0. The van der Waals surface area contributed by atoms with Gasteiger partial charge < -0.3 is 13.9 Å². The van der Waals surface area contributed by atoms with E-state index in [0.29, 0.717) is 0 Å². The number of aromatic nitrogens is 1. The van der Waals surface area contributed by atoms with Gasteiger partial charge in [0.1, 0.15) is 5.58 Å². The minimum Gasteiger partial charge on any atom is -0.454 e. The van der Waals surface area contributed by atoms with Crippen LogP contribution in [0.25, 0.3) is 82.8 Å². The minimum atomic E-state index is -0.166. The standard InChI is InChI=1S/C57H40N2O/c1-57(2)50-22-12-9-19-44(50)45-32-30-42(35-51(45)57)58(41-28-25-39(26-29-41)37-15-5-3-6-16-37)54-36-43(34-49-48-21-11-14-24-55(48)60-56(49)54)59-52-23-13-10-20-46(52)47-31-27-40(33-53(47)59)38-17-7-4-8-18-38/h3-36H,1-2H3. The molecule has 0 spiro atoms. The van der Waals surface area contributed by atoms with Crippen molar-refractivity contribution in [2.75, 3.05) is 4.90 Å². The van der Waals surface area contributed by atoms with Crippen LogP contribution in [0.3, 0.4) is 0 Å². The van der Waals surface area contributed by atoms with Gasteiger partial charge in [-0.2, -0.15) is 0 Å². The minimum absolute atomic E-state index is 0.166. The molecule has 0 bridgehead atoms. The molecule has 12 rings (SSSR count). The molecular weight excluding hydrogens is 729 g/mol. The number of nitrogens with zero attached hydrogens (tertiary/aromatic N) is 2. The summed E-state index contributed by atoms with van der Waals surface area (Å²) in [6, 6.07) is 74.9. The molecule has 60 heavy (non-hydrogen) atoms. The van der Waals surface area contributed by atoms with E-state index in [1.165, 1.54) is 55.3 Å². The molecule has 0 amide bonds. The van der Waals surface area contributed by atoms with E-state index in [4.69, 9.17) is 4.42 Å². The first-order valence-electron chi connectivity index (χ1n) is 20.8. The van der Waals surface area contributed by atoms with Crippen LogP contribution in [0.5, 0.6) is 0 Å². The number of para-hydroxylation sites is 2. The van der Waals surface area contributed by atoms with Gasteiger partial charge in [0.2, 0.25) is 0 Å². The molecule has 0 N–H and O–H groups in total. The van der Waals surface area contributed by atoms with E-state index in [2.05, 4.69) is 230 Å². The van der Waals surface area contributed by atoms with Crippen LogP contribution in [0.15, 0.2) is 211 Å². The van der Waals surface area contributed by atoms with Crippen LogP contribution < -0.4 is 4.90 Å². The Hall–Kier alpha value is -7.62. The summed E-state index contributed by atoms with van der Waals surface area (Å²) >= 11 is 0. The molecule has 0 unspecified atom stereocenters. The van der Waals surface area contributed by atoms with Crippen molar-refractivity contribution in [2.24, 2.45) is 0 Å². The lowest BCUT2D eigenvalue weighted by atomic mass is 9.82. The second-order valence-corrected chi connectivity index (χ2v) is 16.5. The quantitative estimate of drug-likeness (QED) is 0.168. The second-order valence-electron chi connectivity index (χ2n) is 16.5. The number of fused-ring (bicyclic) bond motifs is 9. The summed E-state index contributed by atoms with van der Waals surface area (Å²) in [5, 5.41) is 4.60. The predicted octanol–water partition coefficient (Wildman–Crippen LogP) is 15.8. The van der Waals surface area contributed by atoms with Gasteiger partial charge in [-0.15, -0.1) is 0 Å². The Morgan fingerprint density at radius 3 is 1.82 bits per heavy atom. The van der Waals surface area contributed by atoms with Crippen molar-refractivity contribution >= 4 is 60.8 Å². The number of hydrogen-bond acceptors (Lipinski definition) is 2. The van der Waals surface area contributed by atoms with Gasteiger partial charge in [0.25, 0.3) is 0 Å².